The third-order valence-electron chi connectivity index (χ3n) is 3.79. The van der Waals surface area contributed by atoms with E-state index in [0.717, 1.165) is 23.1 Å². The van der Waals surface area contributed by atoms with Crippen molar-refractivity contribution < 1.29 is 9.90 Å². The van der Waals surface area contributed by atoms with Gasteiger partial charge in [-0.2, -0.15) is 4.98 Å². The molecule has 1 aromatic carbocycles. The lowest BCUT2D eigenvalue weighted by atomic mass is 10.2. The van der Waals surface area contributed by atoms with E-state index < -0.39 is 12.0 Å². The molecule has 0 amide bonds. The molecule has 110 valence electrons. The summed E-state index contributed by atoms with van der Waals surface area (Å²) in [4.78, 5) is 24.2. The first-order chi connectivity index (χ1) is 10.1. The highest BCUT2D eigenvalue weighted by molar-refractivity contribution is 5.90. The fourth-order valence-corrected chi connectivity index (χ4v) is 2.78. The summed E-state index contributed by atoms with van der Waals surface area (Å²) in [5.41, 5.74) is 0.835. The van der Waals surface area contributed by atoms with Crippen molar-refractivity contribution in [2.75, 3.05) is 30.4 Å². The number of hydrogen-bond donors (Lipinski definition) is 1. The van der Waals surface area contributed by atoms with Crippen LogP contribution in [0.4, 0.5) is 11.8 Å². The van der Waals surface area contributed by atoms with Crippen molar-refractivity contribution in [2.24, 2.45) is 0 Å². The molecule has 2 heterocycles. The predicted octanol–water partition coefficient (Wildman–Crippen LogP) is 1.75. The maximum atomic E-state index is 11.4. The first-order valence-corrected chi connectivity index (χ1v) is 7.01. The van der Waals surface area contributed by atoms with Crippen molar-refractivity contribution in [1.29, 1.82) is 0 Å². The first-order valence-electron chi connectivity index (χ1n) is 7.01. The smallest absolute Gasteiger partial charge is 0.326 e. The lowest BCUT2D eigenvalue weighted by Gasteiger charge is -2.23. The summed E-state index contributed by atoms with van der Waals surface area (Å²) in [6, 6.07) is 7.26. The quantitative estimate of drug-likeness (QED) is 0.927. The normalized spacial score (nSPS) is 18.2. The van der Waals surface area contributed by atoms with Crippen LogP contribution < -0.4 is 9.80 Å². The number of benzene rings is 1. The minimum absolute atomic E-state index is 0.502. The van der Waals surface area contributed by atoms with E-state index >= 15 is 0 Å². The van der Waals surface area contributed by atoms with Gasteiger partial charge in [-0.05, 0) is 25.0 Å². The number of hydrogen-bond acceptors (Lipinski definition) is 5. The van der Waals surface area contributed by atoms with Crippen LogP contribution in [0.1, 0.15) is 12.8 Å². The molecular formula is C15H18N4O2. The molecule has 1 saturated heterocycles. The van der Waals surface area contributed by atoms with E-state index in [0.29, 0.717) is 18.9 Å². The van der Waals surface area contributed by atoms with Crippen LogP contribution in [0.25, 0.3) is 10.9 Å². The predicted molar refractivity (Wildman–Crippen MR) is 81.9 cm³/mol. The molecule has 2 aromatic rings. The Labute approximate surface area is 123 Å². The van der Waals surface area contributed by atoms with E-state index in [1.807, 2.05) is 43.3 Å². The zero-order valence-corrected chi connectivity index (χ0v) is 12.2. The molecule has 0 spiro atoms. The number of carbonyl (C=O) groups is 1. The number of fused-ring (bicyclic) bond motifs is 1. The number of rotatable bonds is 3. The standard InChI is InChI=1S/C15H18N4O2/c1-18(2)13-10-6-3-4-7-11(10)16-15(17-13)19-9-5-8-12(19)14(20)21/h3-4,6-7,12H,5,8-9H2,1-2H3,(H,20,21). The average Bonchev–Trinajstić information content (AvgIpc) is 2.95. The Morgan fingerprint density at radius 2 is 2.10 bits per heavy atom. The molecule has 1 unspecified atom stereocenters. The van der Waals surface area contributed by atoms with Gasteiger partial charge in [0.15, 0.2) is 0 Å². The summed E-state index contributed by atoms with van der Waals surface area (Å²) in [6.45, 7) is 0.683. The molecule has 3 rings (SSSR count). The summed E-state index contributed by atoms with van der Waals surface area (Å²) < 4.78 is 0. The van der Waals surface area contributed by atoms with Crippen molar-refractivity contribution in [3.05, 3.63) is 24.3 Å². The fourth-order valence-electron chi connectivity index (χ4n) is 2.78. The van der Waals surface area contributed by atoms with Crippen molar-refractivity contribution in [1.82, 2.24) is 9.97 Å². The van der Waals surface area contributed by atoms with E-state index in [4.69, 9.17) is 0 Å². The minimum Gasteiger partial charge on any atom is -0.480 e. The molecular weight excluding hydrogens is 268 g/mol. The zero-order chi connectivity index (χ0) is 15.0. The third-order valence-corrected chi connectivity index (χ3v) is 3.79. The third kappa shape index (κ3) is 2.37. The first kappa shape index (κ1) is 13.6. The van der Waals surface area contributed by atoms with E-state index in [-0.39, 0.29) is 0 Å². The van der Waals surface area contributed by atoms with Gasteiger partial charge in [0.1, 0.15) is 11.9 Å². The van der Waals surface area contributed by atoms with Crippen LogP contribution in [-0.2, 0) is 4.79 Å². The molecule has 21 heavy (non-hydrogen) atoms. The van der Waals surface area contributed by atoms with E-state index in [1.165, 1.54) is 0 Å². The van der Waals surface area contributed by atoms with Crippen LogP contribution in [0.2, 0.25) is 0 Å². The second kappa shape index (κ2) is 5.20. The summed E-state index contributed by atoms with van der Waals surface area (Å²) in [5.74, 6) is 0.504. The Bertz CT molecular complexity index is 686. The summed E-state index contributed by atoms with van der Waals surface area (Å²) in [6.07, 6.45) is 1.49. The van der Waals surface area contributed by atoms with Crippen molar-refractivity contribution in [3.63, 3.8) is 0 Å². The van der Waals surface area contributed by atoms with Gasteiger partial charge in [-0.1, -0.05) is 12.1 Å². The number of carboxylic acid groups (broad SMARTS) is 1. The van der Waals surface area contributed by atoms with Gasteiger partial charge in [0.25, 0.3) is 0 Å². The Kier molecular flexibility index (Phi) is 3.37. The van der Waals surface area contributed by atoms with Crippen LogP contribution in [-0.4, -0.2) is 47.7 Å². The fraction of sp³-hybridized carbons (Fsp3) is 0.400. The van der Waals surface area contributed by atoms with Gasteiger partial charge in [-0.3, -0.25) is 0 Å². The number of para-hydroxylation sites is 1. The molecule has 1 N–H and O–H groups in total. The maximum Gasteiger partial charge on any atom is 0.326 e. The number of aromatic nitrogens is 2. The van der Waals surface area contributed by atoms with Crippen LogP contribution >= 0.6 is 0 Å². The highest BCUT2D eigenvalue weighted by Gasteiger charge is 2.32. The summed E-state index contributed by atoms with van der Waals surface area (Å²) >= 11 is 0. The summed E-state index contributed by atoms with van der Waals surface area (Å²) in [5, 5.41) is 10.3. The number of carboxylic acids is 1. The van der Waals surface area contributed by atoms with Gasteiger partial charge in [0, 0.05) is 26.0 Å². The van der Waals surface area contributed by atoms with Gasteiger partial charge in [-0.25, -0.2) is 9.78 Å². The average molecular weight is 286 g/mol. The molecule has 1 fully saturated rings. The molecule has 1 aliphatic heterocycles. The second-order valence-electron chi connectivity index (χ2n) is 5.45. The lowest BCUT2D eigenvalue weighted by molar-refractivity contribution is -0.138. The Balaban J connectivity index is 2.13. The molecule has 1 aliphatic rings. The van der Waals surface area contributed by atoms with Crippen LogP contribution in [0.15, 0.2) is 24.3 Å². The Morgan fingerprint density at radius 1 is 1.33 bits per heavy atom. The van der Waals surface area contributed by atoms with Crippen LogP contribution in [0.5, 0.6) is 0 Å². The van der Waals surface area contributed by atoms with Crippen molar-refractivity contribution >= 4 is 28.6 Å². The van der Waals surface area contributed by atoms with Crippen LogP contribution in [0.3, 0.4) is 0 Å². The van der Waals surface area contributed by atoms with E-state index in [9.17, 15) is 9.90 Å². The topological polar surface area (TPSA) is 69.6 Å². The van der Waals surface area contributed by atoms with Crippen molar-refractivity contribution in [2.45, 2.75) is 18.9 Å². The van der Waals surface area contributed by atoms with Gasteiger partial charge >= 0.3 is 5.97 Å². The number of aliphatic carboxylic acids is 1. The summed E-state index contributed by atoms with van der Waals surface area (Å²) in [7, 11) is 3.86. The van der Waals surface area contributed by atoms with Crippen LogP contribution in [0, 0.1) is 0 Å². The molecule has 0 aliphatic carbocycles. The second-order valence-corrected chi connectivity index (χ2v) is 5.45. The molecule has 1 aromatic heterocycles. The number of anilines is 2. The zero-order valence-electron chi connectivity index (χ0n) is 12.2. The monoisotopic (exact) mass is 286 g/mol. The molecule has 6 nitrogen and oxygen atoms in total. The highest BCUT2D eigenvalue weighted by Crippen LogP contribution is 2.29. The Morgan fingerprint density at radius 3 is 2.81 bits per heavy atom. The molecule has 0 bridgehead atoms. The largest absolute Gasteiger partial charge is 0.480 e. The maximum absolute atomic E-state index is 11.4. The molecule has 0 radical (unpaired) electrons. The van der Waals surface area contributed by atoms with Gasteiger partial charge < -0.3 is 14.9 Å². The van der Waals surface area contributed by atoms with E-state index in [2.05, 4.69) is 9.97 Å². The number of nitrogens with zero attached hydrogens (tertiary/aromatic N) is 4. The van der Waals surface area contributed by atoms with Gasteiger partial charge in [0.05, 0.1) is 5.52 Å². The molecule has 1 atom stereocenters. The minimum atomic E-state index is -0.810. The lowest BCUT2D eigenvalue weighted by Crippen LogP contribution is -2.37. The Hall–Kier alpha value is -2.37. The van der Waals surface area contributed by atoms with Gasteiger partial charge in [-0.15, -0.1) is 0 Å². The van der Waals surface area contributed by atoms with Crippen molar-refractivity contribution in [3.8, 4) is 0 Å². The SMILES string of the molecule is CN(C)c1nc(N2CCCC2C(=O)O)nc2ccccc12. The molecule has 6 heteroatoms. The van der Waals surface area contributed by atoms with E-state index in [1.54, 1.807) is 4.90 Å². The molecule has 0 saturated carbocycles. The van der Waals surface area contributed by atoms with Gasteiger partial charge in [0.2, 0.25) is 5.95 Å². The highest BCUT2D eigenvalue weighted by atomic mass is 16.4.